The first-order valence-corrected chi connectivity index (χ1v) is 5.16. The number of hydrogen-bond acceptors (Lipinski definition) is 4. The van der Waals surface area contributed by atoms with Gasteiger partial charge in [0.1, 0.15) is 22.9 Å². The number of methoxy groups -OCH3 is 1. The quantitative estimate of drug-likeness (QED) is 0.782. The maximum absolute atomic E-state index is 13.2. The summed E-state index contributed by atoms with van der Waals surface area (Å²) in [5.74, 6) is -0.585. The number of nitrogens with zero attached hydrogens (tertiary/aromatic N) is 1. The van der Waals surface area contributed by atoms with Crippen LogP contribution < -0.4 is 4.74 Å². The van der Waals surface area contributed by atoms with E-state index < -0.39 is 11.8 Å². The highest BCUT2D eigenvalue weighted by molar-refractivity contribution is 5.92. The molecule has 0 aliphatic carbocycles. The molecule has 0 radical (unpaired) electrons. The topological polar surface area (TPSA) is 48.4 Å². The number of aromatic nitrogens is 1. The van der Waals surface area contributed by atoms with E-state index in [4.69, 9.17) is 4.74 Å². The van der Waals surface area contributed by atoms with Crippen LogP contribution >= 0.6 is 0 Å². The van der Waals surface area contributed by atoms with Crippen LogP contribution in [0.25, 0.3) is 0 Å². The highest BCUT2D eigenvalue weighted by atomic mass is 19.1. The molecule has 2 rings (SSSR count). The van der Waals surface area contributed by atoms with Crippen LogP contribution in [0.3, 0.4) is 0 Å². The predicted octanol–water partition coefficient (Wildman–Crippen LogP) is 2.80. The molecule has 2 aromatic rings. The van der Waals surface area contributed by atoms with Crippen molar-refractivity contribution in [2.24, 2.45) is 0 Å². The third kappa shape index (κ3) is 2.63. The maximum atomic E-state index is 13.2. The molecule has 0 fully saturated rings. The van der Waals surface area contributed by atoms with E-state index in [1.165, 1.54) is 25.4 Å². The molecular weight excluding hydrogens is 237 g/mol. The van der Waals surface area contributed by atoms with Crippen molar-refractivity contribution in [2.45, 2.75) is 0 Å². The lowest BCUT2D eigenvalue weighted by molar-refractivity contribution is 0.0598. The number of benzene rings is 1. The molecule has 0 aliphatic rings. The highest BCUT2D eigenvalue weighted by Crippen LogP contribution is 2.26. The summed E-state index contributed by atoms with van der Waals surface area (Å²) < 4.78 is 23.2. The van der Waals surface area contributed by atoms with Gasteiger partial charge in [0, 0.05) is 12.3 Å². The van der Waals surface area contributed by atoms with E-state index in [-0.39, 0.29) is 11.3 Å². The molecule has 0 N–H and O–H groups in total. The van der Waals surface area contributed by atoms with Crippen molar-refractivity contribution >= 4 is 5.97 Å². The number of pyridine rings is 1. The van der Waals surface area contributed by atoms with Gasteiger partial charge in [-0.2, -0.15) is 0 Å². The molecule has 0 bridgehead atoms. The zero-order chi connectivity index (χ0) is 13.0. The Morgan fingerprint density at radius 3 is 2.83 bits per heavy atom. The number of rotatable bonds is 3. The Bertz CT molecular complexity index is 557. The summed E-state index contributed by atoms with van der Waals surface area (Å²) in [5.41, 5.74) is 0.155. The SMILES string of the molecule is COC(=O)c1ccc(F)cc1Oc1cccnc1. The van der Waals surface area contributed by atoms with Crippen LogP contribution in [0.15, 0.2) is 42.7 Å². The third-order valence-corrected chi connectivity index (χ3v) is 2.21. The summed E-state index contributed by atoms with van der Waals surface area (Å²) in [4.78, 5) is 15.4. The van der Waals surface area contributed by atoms with E-state index in [1.807, 2.05) is 0 Å². The van der Waals surface area contributed by atoms with Crippen molar-refractivity contribution in [1.29, 1.82) is 0 Å². The Labute approximate surface area is 103 Å². The lowest BCUT2D eigenvalue weighted by atomic mass is 10.2. The van der Waals surface area contributed by atoms with Crippen molar-refractivity contribution in [3.05, 3.63) is 54.1 Å². The van der Waals surface area contributed by atoms with Crippen LogP contribution in [0.2, 0.25) is 0 Å². The molecule has 1 aromatic carbocycles. The van der Waals surface area contributed by atoms with Gasteiger partial charge in [-0.15, -0.1) is 0 Å². The van der Waals surface area contributed by atoms with Gasteiger partial charge >= 0.3 is 5.97 Å². The Balaban J connectivity index is 2.36. The highest BCUT2D eigenvalue weighted by Gasteiger charge is 2.14. The first kappa shape index (κ1) is 12.0. The van der Waals surface area contributed by atoms with Crippen LogP contribution in [0.1, 0.15) is 10.4 Å². The maximum Gasteiger partial charge on any atom is 0.341 e. The van der Waals surface area contributed by atoms with Crippen LogP contribution in [-0.4, -0.2) is 18.1 Å². The number of halogens is 1. The van der Waals surface area contributed by atoms with Gasteiger partial charge < -0.3 is 9.47 Å². The Kier molecular flexibility index (Phi) is 3.52. The van der Waals surface area contributed by atoms with E-state index in [0.717, 1.165) is 6.07 Å². The zero-order valence-corrected chi connectivity index (χ0v) is 9.59. The zero-order valence-electron chi connectivity index (χ0n) is 9.59. The van der Waals surface area contributed by atoms with Crippen LogP contribution in [-0.2, 0) is 4.74 Å². The second kappa shape index (κ2) is 5.27. The van der Waals surface area contributed by atoms with E-state index >= 15 is 0 Å². The van der Waals surface area contributed by atoms with Crippen molar-refractivity contribution in [1.82, 2.24) is 4.98 Å². The first-order chi connectivity index (χ1) is 8.70. The van der Waals surface area contributed by atoms with Crippen LogP contribution in [0, 0.1) is 5.82 Å². The number of esters is 1. The van der Waals surface area contributed by atoms with E-state index in [1.54, 1.807) is 18.3 Å². The standard InChI is InChI=1S/C13H10FNO3/c1-17-13(16)11-5-4-9(14)7-12(11)18-10-3-2-6-15-8-10/h2-8H,1H3. The third-order valence-electron chi connectivity index (χ3n) is 2.21. The summed E-state index contributed by atoms with van der Waals surface area (Å²) in [6.45, 7) is 0. The van der Waals surface area contributed by atoms with Gasteiger partial charge in [0.15, 0.2) is 0 Å². The average molecular weight is 247 g/mol. The molecule has 18 heavy (non-hydrogen) atoms. The fraction of sp³-hybridized carbons (Fsp3) is 0.0769. The normalized spacial score (nSPS) is 9.89. The molecule has 0 unspecified atom stereocenters. The monoisotopic (exact) mass is 247 g/mol. The molecule has 1 heterocycles. The Hall–Kier alpha value is -2.43. The molecule has 0 saturated carbocycles. The first-order valence-electron chi connectivity index (χ1n) is 5.16. The minimum absolute atomic E-state index is 0.0925. The summed E-state index contributed by atoms with van der Waals surface area (Å²) in [5, 5.41) is 0. The smallest absolute Gasteiger partial charge is 0.341 e. The van der Waals surface area contributed by atoms with Gasteiger partial charge in [-0.3, -0.25) is 4.98 Å². The summed E-state index contributed by atoms with van der Waals surface area (Å²) in [6, 6.07) is 6.93. The molecule has 0 spiro atoms. The van der Waals surface area contributed by atoms with Crippen LogP contribution in [0.4, 0.5) is 4.39 Å². The molecular formula is C13H10FNO3. The van der Waals surface area contributed by atoms with Gasteiger partial charge in [0.05, 0.1) is 13.3 Å². The van der Waals surface area contributed by atoms with Crippen molar-refractivity contribution < 1.29 is 18.7 Å². The van der Waals surface area contributed by atoms with Crippen molar-refractivity contribution in [2.75, 3.05) is 7.11 Å². The molecule has 5 heteroatoms. The molecule has 0 amide bonds. The number of ether oxygens (including phenoxy) is 2. The van der Waals surface area contributed by atoms with Gasteiger partial charge in [0.25, 0.3) is 0 Å². The molecule has 0 atom stereocenters. The molecule has 4 nitrogen and oxygen atoms in total. The van der Waals surface area contributed by atoms with E-state index in [2.05, 4.69) is 9.72 Å². The molecule has 1 aromatic heterocycles. The number of hydrogen-bond donors (Lipinski definition) is 0. The Morgan fingerprint density at radius 2 is 2.17 bits per heavy atom. The lowest BCUT2D eigenvalue weighted by Crippen LogP contribution is -2.04. The second-order valence-electron chi connectivity index (χ2n) is 3.42. The second-order valence-corrected chi connectivity index (χ2v) is 3.42. The summed E-state index contributed by atoms with van der Waals surface area (Å²) in [7, 11) is 1.25. The van der Waals surface area contributed by atoms with Gasteiger partial charge in [-0.1, -0.05) is 0 Å². The largest absolute Gasteiger partial charge is 0.465 e. The van der Waals surface area contributed by atoms with Gasteiger partial charge in [-0.05, 0) is 24.3 Å². The molecule has 0 saturated heterocycles. The number of carbonyl (C=O) groups is 1. The van der Waals surface area contributed by atoms with Gasteiger partial charge in [-0.25, -0.2) is 9.18 Å². The fourth-order valence-corrected chi connectivity index (χ4v) is 1.39. The minimum atomic E-state index is -0.589. The lowest BCUT2D eigenvalue weighted by Gasteiger charge is -2.09. The van der Waals surface area contributed by atoms with E-state index in [9.17, 15) is 9.18 Å². The summed E-state index contributed by atoms with van der Waals surface area (Å²) in [6.07, 6.45) is 3.05. The van der Waals surface area contributed by atoms with Crippen molar-refractivity contribution in [3.8, 4) is 11.5 Å². The van der Waals surface area contributed by atoms with Crippen LogP contribution in [0.5, 0.6) is 11.5 Å². The average Bonchev–Trinajstić information content (AvgIpc) is 2.39. The molecule has 0 aliphatic heterocycles. The molecule has 92 valence electrons. The fourth-order valence-electron chi connectivity index (χ4n) is 1.39. The van der Waals surface area contributed by atoms with E-state index in [0.29, 0.717) is 5.75 Å². The minimum Gasteiger partial charge on any atom is -0.465 e. The summed E-state index contributed by atoms with van der Waals surface area (Å²) >= 11 is 0. The predicted molar refractivity (Wildman–Crippen MR) is 62.1 cm³/mol. The van der Waals surface area contributed by atoms with Gasteiger partial charge in [0.2, 0.25) is 0 Å². The van der Waals surface area contributed by atoms with Crippen molar-refractivity contribution in [3.63, 3.8) is 0 Å². The number of carbonyl (C=O) groups excluding carboxylic acids is 1. The Morgan fingerprint density at radius 1 is 1.33 bits per heavy atom.